The highest BCUT2D eigenvalue weighted by Crippen LogP contribution is 2.31. The van der Waals surface area contributed by atoms with Gasteiger partial charge >= 0.3 is 0 Å². The van der Waals surface area contributed by atoms with Crippen LogP contribution in [0.4, 0.5) is 5.69 Å². The Kier molecular flexibility index (Phi) is 13.5. The number of sulfone groups is 1. The summed E-state index contributed by atoms with van der Waals surface area (Å²) >= 11 is 6.47. The van der Waals surface area contributed by atoms with Crippen molar-refractivity contribution in [3.05, 3.63) is 135 Å². The number of aliphatic hydroxyl groups excluding tert-OH is 1. The third kappa shape index (κ3) is 10.2. The first kappa shape index (κ1) is 42.1. The maximum atomic E-state index is 13.6. The summed E-state index contributed by atoms with van der Waals surface area (Å²) in [4.78, 5) is 32.4. The summed E-state index contributed by atoms with van der Waals surface area (Å²) < 4.78 is 32.8. The third-order valence-electron chi connectivity index (χ3n) is 11.4. The quantitative estimate of drug-likeness (QED) is 0.0577. The van der Waals surface area contributed by atoms with E-state index in [1.165, 1.54) is 68.7 Å². The number of carbonyl (C=O) groups excluding carboxylic acids is 1. The number of hydrogen-bond donors (Lipinski definition) is 5. The predicted octanol–water partition coefficient (Wildman–Crippen LogP) is 7.09. The monoisotopic (exact) mass is 839 g/mol. The molecule has 1 saturated carbocycles. The van der Waals surface area contributed by atoms with Gasteiger partial charge in [-0.2, -0.15) is 0 Å². The van der Waals surface area contributed by atoms with Gasteiger partial charge in [-0.15, -0.1) is 0 Å². The van der Waals surface area contributed by atoms with E-state index in [1.54, 1.807) is 54.6 Å². The van der Waals surface area contributed by atoms with Crippen LogP contribution in [0.2, 0.25) is 5.02 Å². The molecule has 1 aliphatic heterocycles. The van der Waals surface area contributed by atoms with Crippen molar-refractivity contribution in [2.75, 3.05) is 38.0 Å². The minimum absolute atomic E-state index is 0.0785. The van der Waals surface area contributed by atoms with Crippen LogP contribution in [0.25, 0.3) is 10.9 Å². The molecule has 0 spiro atoms. The summed E-state index contributed by atoms with van der Waals surface area (Å²) in [5, 5.41) is 27.7. The van der Waals surface area contributed by atoms with Gasteiger partial charge in [-0.25, -0.2) is 8.42 Å². The molecule has 0 radical (unpaired) electrons. The zero-order valence-corrected chi connectivity index (χ0v) is 34.5. The van der Waals surface area contributed by atoms with E-state index in [0.717, 1.165) is 43.3 Å². The van der Waals surface area contributed by atoms with Crippen LogP contribution in [0.5, 0.6) is 11.5 Å². The molecule has 2 aliphatic rings. The van der Waals surface area contributed by atoms with Crippen LogP contribution in [0.3, 0.4) is 0 Å². The standard InChI is InChI=1S/C45H50ClN5O7S/c1-30(50-21-23-51(24-22-50)33-6-3-2-4-7-33)32-11-13-35(14-12-32)59(56,57)36-9-5-8-34(27-36)58-25-20-44(55)48-40-17-10-31(26-39(40)46)28-47-29-42(53)37-15-18-41(52)45-38(37)16-19-43(54)49-45/h5,8-20,25-27,30,33,42,47,52-53H,2-4,6-7,21-24,28-29H2,1H3,(H,48,55)(H,49,54)/t30-,42-/m0/s1. The minimum Gasteiger partial charge on any atom is -0.506 e. The molecule has 5 N–H and O–H groups in total. The highest BCUT2D eigenvalue weighted by Gasteiger charge is 2.28. The van der Waals surface area contributed by atoms with Crippen molar-refractivity contribution in [2.24, 2.45) is 0 Å². The molecule has 4 aromatic carbocycles. The maximum absolute atomic E-state index is 13.6. The Morgan fingerprint density at radius 1 is 0.949 bits per heavy atom. The molecule has 12 nitrogen and oxygen atoms in total. The van der Waals surface area contributed by atoms with Gasteiger partial charge < -0.3 is 30.6 Å². The van der Waals surface area contributed by atoms with E-state index >= 15 is 0 Å². The number of aliphatic hydroxyl groups is 1. The number of fused-ring (bicyclic) bond motifs is 1. The smallest absolute Gasteiger partial charge is 0.251 e. The summed E-state index contributed by atoms with van der Waals surface area (Å²) in [6.07, 6.45) is 8.09. The van der Waals surface area contributed by atoms with Gasteiger partial charge in [0.1, 0.15) is 11.5 Å². The molecule has 7 rings (SSSR count). The van der Waals surface area contributed by atoms with Gasteiger partial charge in [-0.1, -0.05) is 61.2 Å². The van der Waals surface area contributed by atoms with Gasteiger partial charge in [-0.05, 0) is 91.1 Å². The Bertz CT molecular complexity index is 2460. The molecule has 2 fully saturated rings. The number of hydrogen-bond acceptors (Lipinski definition) is 10. The second-order valence-corrected chi connectivity index (χ2v) is 17.6. The fourth-order valence-corrected chi connectivity index (χ4v) is 9.60. The first-order chi connectivity index (χ1) is 28.5. The number of halogens is 1. The van der Waals surface area contributed by atoms with E-state index in [4.69, 9.17) is 16.3 Å². The van der Waals surface area contributed by atoms with E-state index in [1.807, 2.05) is 12.1 Å². The Morgan fingerprint density at radius 2 is 1.71 bits per heavy atom. The molecule has 2 heterocycles. The minimum atomic E-state index is -3.83. The van der Waals surface area contributed by atoms with E-state index in [2.05, 4.69) is 32.3 Å². The summed E-state index contributed by atoms with van der Waals surface area (Å²) in [5.74, 6) is -0.339. The number of ether oxygens (including phenoxy) is 1. The SMILES string of the molecule is C[C@@H](c1ccc(S(=O)(=O)c2cccc(OC=CC(=O)Nc3ccc(CNC[C@H](O)c4ccc(O)c5[nH]c(=O)ccc45)cc3Cl)c2)cc1)N1CCN(C2CCCCC2)CC1. The van der Waals surface area contributed by atoms with Crippen LogP contribution in [-0.4, -0.2) is 78.1 Å². The van der Waals surface area contributed by atoms with E-state index in [9.17, 15) is 28.2 Å². The van der Waals surface area contributed by atoms with Gasteiger partial charge in [-0.3, -0.25) is 19.4 Å². The number of aromatic amines is 1. The fourth-order valence-electron chi connectivity index (χ4n) is 8.05. The van der Waals surface area contributed by atoms with Gasteiger partial charge in [0.25, 0.3) is 5.91 Å². The van der Waals surface area contributed by atoms with Gasteiger partial charge in [0.15, 0.2) is 0 Å². The fraction of sp³-hybridized carbons (Fsp3) is 0.333. The largest absolute Gasteiger partial charge is 0.506 e. The van der Waals surface area contributed by atoms with Crippen molar-refractivity contribution in [1.82, 2.24) is 20.1 Å². The molecule has 310 valence electrons. The molecule has 5 aromatic rings. The molecule has 1 aromatic heterocycles. The molecular weight excluding hydrogens is 790 g/mol. The number of benzene rings is 4. The van der Waals surface area contributed by atoms with Gasteiger partial charge in [0, 0.05) is 68.9 Å². The number of amides is 1. The second-order valence-electron chi connectivity index (χ2n) is 15.2. The number of piperazine rings is 1. The molecule has 59 heavy (non-hydrogen) atoms. The van der Waals surface area contributed by atoms with E-state index in [0.29, 0.717) is 28.2 Å². The lowest BCUT2D eigenvalue weighted by Gasteiger charge is -2.42. The Labute approximate surface area is 349 Å². The second kappa shape index (κ2) is 18.9. The van der Waals surface area contributed by atoms with Crippen LogP contribution >= 0.6 is 11.6 Å². The van der Waals surface area contributed by atoms with Crippen LogP contribution in [0, 0.1) is 0 Å². The number of H-pyrrole nitrogens is 1. The number of pyridine rings is 1. The van der Waals surface area contributed by atoms with Crippen molar-refractivity contribution < 1.29 is 28.2 Å². The predicted molar refractivity (Wildman–Crippen MR) is 230 cm³/mol. The summed E-state index contributed by atoms with van der Waals surface area (Å²) in [5.41, 5.74) is 2.71. The van der Waals surface area contributed by atoms with Crippen molar-refractivity contribution in [2.45, 2.75) is 73.6 Å². The zero-order chi connectivity index (χ0) is 41.5. The normalized spacial score (nSPS) is 16.9. The molecule has 2 atom stereocenters. The number of aromatic hydroxyl groups is 1. The molecular formula is C45H50ClN5O7S. The van der Waals surface area contributed by atoms with Crippen molar-refractivity contribution >= 4 is 43.9 Å². The zero-order valence-electron chi connectivity index (χ0n) is 32.9. The average molecular weight is 840 g/mol. The lowest BCUT2D eigenvalue weighted by Crippen LogP contribution is -2.51. The average Bonchev–Trinajstić information content (AvgIpc) is 3.25. The number of phenolic OH excluding ortho intramolecular Hbond substituents is 1. The molecule has 0 unspecified atom stereocenters. The first-order valence-corrected chi connectivity index (χ1v) is 21.9. The lowest BCUT2D eigenvalue weighted by atomic mass is 9.93. The van der Waals surface area contributed by atoms with Crippen LogP contribution in [0.15, 0.2) is 118 Å². The third-order valence-corrected chi connectivity index (χ3v) is 13.5. The van der Waals surface area contributed by atoms with Gasteiger partial charge in [0.2, 0.25) is 15.4 Å². The van der Waals surface area contributed by atoms with Crippen molar-refractivity contribution in [3.8, 4) is 11.5 Å². The molecule has 1 saturated heterocycles. The van der Waals surface area contributed by atoms with Crippen LogP contribution in [0.1, 0.15) is 67.9 Å². The first-order valence-electron chi connectivity index (χ1n) is 20.1. The Morgan fingerprint density at radius 3 is 2.46 bits per heavy atom. The number of aromatic nitrogens is 1. The highest BCUT2D eigenvalue weighted by molar-refractivity contribution is 7.91. The summed E-state index contributed by atoms with van der Waals surface area (Å²) in [7, 11) is -3.83. The van der Waals surface area contributed by atoms with Crippen LogP contribution < -0.4 is 20.9 Å². The molecule has 0 bridgehead atoms. The maximum Gasteiger partial charge on any atom is 0.251 e. The van der Waals surface area contributed by atoms with Crippen molar-refractivity contribution in [3.63, 3.8) is 0 Å². The number of nitrogens with zero attached hydrogens (tertiary/aromatic N) is 2. The Hall–Kier alpha value is -5.02. The number of carbonyl (C=O) groups is 1. The topological polar surface area (TPSA) is 164 Å². The lowest BCUT2D eigenvalue weighted by molar-refractivity contribution is -0.112. The number of phenols is 1. The number of rotatable bonds is 14. The molecule has 14 heteroatoms. The van der Waals surface area contributed by atoms with Crippen molar-refractivity contribution in [1.29, 1.82) is 0 Å². The Balaban J connectivity index is 0.882. The van der Waals surface area contributed by atoms with E-state index < -0.39 is 21.8 Å². The number of nitrogens with one attached hydrogen (secondary N) is 3. The summed E-state index contributed by atoms with van der Waals surface area (Å²) in [6.45, 7) is 6.89. The van der Waals surface area contributed by atoms with Crippen LogP contribution in [-0.2, 0) is 21.2 Å². The summed E-state index contributed by atoms with van der Waals surface area (Å²) in [6, 6.07) is 25.3. The number of anilines is 1. The molecule has 1 amide bonds. The van der Waals surface area contributed by atoms with Gasteiger partial charge in [0.05, 0.1) is 38.4 Å². The van der Waals surface area contributed by atoms with E-state index in [-0.39, 0.29) is 45.0 Å². The molecule has 1 aliphatic carbocycles. The highest BCUT2D eigenvalue weighted by atomic mass is 35.5.